The van der Waals surface area contributed by atoms with Crippen LogP contribution in [0.25, 0.3) is 0 Å². The van der Waals surface area contributed by atoms with Crippen molar-refractivity contribution in [2.75, 3.05) is 39.3 Å². The number of ether oxygens (including phenoxy) is 1. The number of β-amino-alcohol motifs (C(OH)–C–C–N with tert-alkyl or cyclic N) is 1. The third kappa shape index (κ3) is 5.44. The Morgan fingerprint density at radius 1 is 1.16 bits per heavy atom. The molecule has 0 unspecified atom stereocenters. The summed E-state index contributed by atoms with van der Waals surface area (Å²) >= 11 is 0. The highest BCUT2D eigenvalue weighted by molar-refractivity contribution is 6.35. The van der Waals surface area contributed by atoms with Crippen molar-refractivity contribution in [3.05, 3.63) is 30.3 Å². The predicted molar refractivity (Wildman–Crippen MR) is 92.1 cm³/mol. The van der Waals surface area contributed by atoms with Gasteiger partial charge in [0, 0.05) is 38.8 Å². The van der Waals surface area contributed by atoms with Gasteiger partial charge in [-0.2, -0.15) is 0 Å². The van der Waals surface area contributed by atoms with Crippen LogP contribution >= 0.6 is 0 Å². The molecule has 7 heteroatoms. The second kappa shape index (κ2) is 8.31. The van der Waals surface area contributed by atoms with Crippen LogP contribution in [0.1, 0.15) is 12.8 Å². The van der Waals surface area contributed by atoms with Gasteiger partial charge in [-0.25, -0.2) is 0 Å². The van der Waals surface area contributed by atoms with Crippen LogP contribution in [-0.4, -0.2) is 78.2 Å². The van der Waals surface area contributed by atoms with Crippen molar-refractivity contribution in [1.29, 1.82) is 0 Å². The van der Waals surface area contributed by atoms with Crippen LogP contribution in [0.2, 0.25) is 0 Å². The van der Waals surface area contributed by atoms with Crippen molar-refractivity contribution in [3.63, 3.8) is 0 Å². The number of hydrogen-bond acceptors (Lipinski definition) is 5. The maximum atomic E-state index is 12.1. The molecule has 1 atom stereocenters. The van der Waals surface area contributed by atoms with Crippen molar-refractivity contribution in [2.24, 2.45) is 0 Å². The summed E-state index contributed by atoms with van der Waals surface area (Å²) in [6.45, 7) is 3.01. The zero-order valence-corrected chi connectivity index (χ0v) is 14.3. The molecule has 25 heavy (non-hydrogen) atoms. The van der Waals surface area contributed by atoms with Crippen LogP contribution in [-0.2, 0) is 9.59 Å². The maximum absolute atomic E-state index is 12.1. The van der Waals surface area contributed by atoms with Gasteiger partial charge in [0.25, 0.3) is 0 Å². The topological polar surface area (TPSA) is 82.1 Å². The van der Waals surface area contributed by atoms with Crippen molar-refractivity contribution in [2.45, 2.75) is 25.0 Å². The number of para-hydroxylation sites is 1. The summed E-state index contributed by atoms with van der Waals surface area (Å²) in [4.78, 5) is 27.5. The van der Waals surface area contributed by atoms with Crippen molar-refractivity contribution < 1.29 is 19.4 Å². The van der Waals surface area contributed by atoms with Gasteiger partial charge in [0.15, 0.2) is 0 Å². The van der Waals surface area contributed by atoms with Crippen molar-refractivity contribution in [1.82, 2.24) is 15.1 Å². The van der Waals surface area contributed by atoms with Crippen LogP contribution in [0, 0.1) is 0 Å². The van der Waals surface area contributed by atoms with Gasteiger partial charge < -0.3 is 20.1 Å². The van der Waals surface area contributed by atoms with Crippen LogP contribution in [0.4, 0.5) is 0 Å². The molecule has 0 aromatic heterocycles. The molecular formula is C18H25N3O4. The Kier molecular flexibility index (Phi) is 5.88. The summed E-state index contributed by atoms with van der Waals surface area (Å²) < 4.78 is 5.55. The number of piperazine rings is 1. The summed E-state index contributed by atoms with van der Waals surface area (Å²) in [5.41, 5.74) is 0. The van der Waals surface area contributed by atoms with Gasteiger partial charge in [-0.05, 0) is 25.0 Å². The van der Waals surface area contributed by atoms with Gasteiger partial charge in [0.2, 0.25) is 0 Å². The summed E-state index contributed by atoms with van der Waals surface area (Å²) in [7, 11) is 0. The first-order valence-electron chi connectivity index (χ1n) is 8.80. The first kappa shape index (κ1) is 17.7. The van der Waals surface area contributed by atoms with Crippen molar-refractivity contribution in [3.8, 4) is 5.75 Å². The minimum atomic E-state index is -0.597. The molecule has 1 saturated carbocycles. The van der Waals surface area contributed by atoms with E-state index in [1.54, 1.807) is 4.90 Å². The molecule has 2 aliphatic rings. The zero-order valence-electron chi connectivity index (χ0n) is 14.3. The van der Waals surface area contributed by atoms with Gasteiger partial charge in [-0.15, -0.1) is 0 Å². The van der Waals surface area contributed by atoms with Gasteiger partial charge in [-0.1, -0.05) is 18.2 Å². The highest BCUT2D eigenvalue weighted by atomic mass is 16.5. The fraction of sp³-hybridized carbons (Fsp3) is 0.556. The number of amides is 2. The van der Waals surface area contributed by atoms with Gasteiger partial charge >= 0.3 is 11.8 Å². The second-order valence-electron chi connectivity index (χ2n) is 6.62. The van der Waals surface area contributed by atoms with E-state index in [2.05, 4.69) is 10.2 Å². The lowest BCUT2D eigenvalue weighted by molar-refractivity contribution is -0.147. The molecule has 2 fully saturated rings. The Bertz CT molecular complexity index is 583. The van der Waals surface area contributed by atoms with Gasteiger partial charge in [0.05, 0.1) is 0 Å². The lowest BCUT2D eigenvalue weighted by Gasteiger charge is -2.35. The Morgan fingerprint density at radius 2 is 1.84 bits per heavy atom. The van der Waals surface area contributed by atoms with Crippen LogP contribution in [0.3, 0.4) is 0 Å². The fourth-order valence-corrected chi connectivity index (χ4v) is 2.81. The Balaban J connectivity index is 1.35. The minimum Gasteiger partial charge on any atom is -0.491 e. The number of aliphatic hydroxyl groups excluding tert-OH is 1. The molecule has 1 saturated heterocycles. The summed E-state index contributed by atoms with van der Waals surface area (Å²) in [6, 6.07) is 9.58. The summed E-state index contributed by atoms with van der Waals surface area (Å²) in [5, 5.41) is 12.8. The minimum absolute atomic E-state index is 0.192. The largest absolute Gasteiger partial charge is 0.491 e. The molecule has 0 spiro atoms. The molecule has 2 amide bonds. The quantitative estimate of drug-likeness (QED) is 0.700. The van der Waals surface area contributed by atoms with Crippen LogP contribution in [0.15, 0.2) is 30.3 Å². The van der Waals surface area contributed by atoms with E-state index in [9.17, 15) is 14.7 Å². The normalized spacial score (nSPS) is 19.3. The molecule has 136 valence electrons. The van der Waals surface area contributed by atoms with E-state index in [4.69, 9.17) is 4.74 Å². The van der Waals surface area contributed by atoms with Crippen molar-refractivity contribution >= 4 is 11.8 Å². The summed E-state index contributed by atoms with van der Waals surface area (Å²) in [6.07, 6.45) is 1.34. The highest BCUT2D eigenvalue weighted by Crippen LogP contribution is 2.18. The second-order valence-corrected chi connectivity index (χ2v) is 6.62. The van der Waals surface area contributed by atoms with E-state index in [0.29, 0.717) is 32.7 Å². The number of carbonyl (C=O) groups is 2. The third-order valence-corrected chi connectivity index (χ3v) is 4.42. The molecule has 7 nitrogen and oxygen atoms in total. The number of nitrogens with zero attached hydrogens (tertiary/aromatic N) is 2. The molecule has 2 N–H and O–H groups in total. The molecular weight excluding hydrogens is 322 g/mol. The standard InChI is InChI=1S/C18H25N3O4/c22-15(13-25-16-4-2-1-3-5-16)12-20-8-10-21(11-9-20)18(24)17(23)19-14-6-7-14/h1-5,14-15,22H,6-13H2,(H,19,23)/t15-/m1/s1. The van der Waals surface area contributed by atoms with Crippen LogP contribution < -0.4 is 10.1 Å². The van der Waals surface area contributed by atoms with Crippen LogP contribution in [0.5, 0.6) is 5.75 Å². The Labute approximate surface area is 147 Å². The number of carbonyl (C=O) groups excluding carboxylic acids is 2. The lowest BCUT2D eigenvalue weighted by Crippen LogP contribution is -2.54. The van der Waals surface area contributed by atoms with Gasteiger partial charge in [-0.3, -0.25) is 14.5 Å². The van der Waals surface area contributed by atoms with E-state index < -0.39 is 17.9 Å². The highest BCUT2D eigenvalue weighted by Gasteiger charge is 2.30. The molecule has 0 bridgehead atoms. The number of aliphatic hydroxyl groups is 1. The molecule has 1 aromatic carbocycles. The first-order valence-corrected chi connectivity index (χ1v) is 8.80. The first-order chi connectivity index (χ1) is 12.1. The lowest BCUT2D eigenvalue weighted by atomic mass is 10.2. The average Bonchev–Trinajstić information content (AvgIpc) is 3.45. The molecule has 0 radical (unpaired) electrons. The Morgan fingerprint density at radius 3 is 2.48 bits per heavy atom. The number of nitrogens with one attached hydrogen (secondary N) is 1. The van der Waals surface area contributed by atoms with E-state index in [1.165, 1.54) is 0 Å². The van der Waals surface area contributed by atoms with E-state index in [0.717, 1.165) is 18.6 Å². The SMILES string of the molecule is O=C(NC1CC1)C(=O)N1CCN(C[C@@H](O)COc2ccccc2)CC1. The molecule has 1 heterocycles. The van der Waals surface area contributed by atoms with E-state index >= 15 is 0 Å². The monoisotopic (exact) mass is 347 g/mol. The maximum Gasteiger partial charge on any atom is 0.311 e. The number of benzene rings is 1. The van der Waals surface area contributed by atoms with E-state index in [-0.39, 0.29) is 12.6 Å². The molecule has 1 aliphatic carbocycles. The summed E-state index contributed by atoms with van der Waals surface area (Å²) in [5.74, 6) is -0.203. The van der Waals surface area contributed by atoms with E-state index in [1.807, 2.05) is 30.3 Å². The predicted octanol–water partition coefficient (Wildman–Crippen LogP) is -0.151. The number of hydrogen-bond donors (Lipinski definition) is 2. The molecule has 1 aromatic rings. The smallest absolute Gasteiger partial charge is 0.311 e. The fourth-order valence-electron chi connectivity index (χ4n) is 2.81. The average molecular weight is 347 g/mol. The van der Waals surface area contributed by atoms with Gasteiger partial charge in [0.1, 0.15) is 18.5 Å². The Hall–Kier alpha value is -2.12. The number of rotatable bonds is 6. The molecule has 3 rings (SSSR count). The molecule has 1 aliphatic heterocycles. The third-order valence-electron chi connectivity index (χ3n) is 4.42. The zero-order chi connectivity index (χ0) is 17.6.